The predicted molar refractivity (Wildman–Crippen MR) is 88.8 cm³/mol. The maximum absolute atomic E-state index is 13.8. The molecule has 6 heteroatoms. The van der Waals surface area contributed by atoms with Crippen LogP contribution in [-0.2, 0) is 11.2 Å². The quantitative estimate of drug-likeness (QED) is 0.921. The maximum atomic E-state index is 13.8. The molecule has 1 amide bonds. The lowest BCUT2D eigenvalue weighted by molar-refractivity contribution is -0.133. The van der Waals surface area contributed by atoms with Crippen LogP contribution in [0.2, 0.25) is 5.02 Å². The van der Waals surface area contributed by atoms with E-state index in [1.54, 1.807) is 11.0 Å². The number of nitrogens with one attached hydrogen (secondary N) is 1. The summed E-state index contributed by atoms with van der Waals surface area (Å²) >= 11 is 6.25. The third-order valence-corrected chi connectivity index (χ3v) is 4.56. The van der Waals surface area contributed by atoms with Gasteiger partial charge in [-0.2, -0.15) is 0 Å². The molecule has 1 atom stereocenters. The first-order valence-electron chi connectivity index (χ1n) is 7.75. The van der Waals surface area contributed by atoms with Gasteiger partial charge in [0.1, 0.15) is 11.6 Å². The zero-order valence-electron chi connectivity index (χ0n) is 12.9. The Labute approximate surface area is 144 Å². The van der Waals surface area contributed by atoms with E-state index in [-0.39, 0.29) is 23.9 Å². The van der Waals surface area contributed by atoms with Crippen LogP contribution in [0.4, 0.5) is 8.78 Å². The number of hydrogen-bond acceptors (Lipinski definition) is 2. The monoisotopic (exact) mass is 350 g/mol. The molecule has 1 aliphatic rings. The molecule has 0 saturated carbocycles. The van der Waals surface area contributed by atoms with Crippen molar-refractivity contribution in [3.8, 4) is 0 Å². The summed E-state index contributed by atoms with van der Waals surface area (Å²) in [5.41, 5.74) is 0.632. The highest BCUT2D eigenvalue weighted by atomic mass is 35.5. The molecule has 1 aliphatic heterocycles. The summed E-state index contributed by atoms with van der Waals surface area (Å²) in [6, 6.07) is 10.7. The molecular formula is C18H17ClF2N2O. The molecule has 1 heterocycles. The zero-order chi connectivity index (χ0) is 17.1. The molecule has 2 aromatic carbocycles. The summed E-state index contributed by atoms with van der Waals surface area (Å²) in [5, 5.41) is 3.80. The summed E-state index contributed by atoms with van der Waals surface area (Å²) in [5.74, 6) is -1.72. The van der Waals surface area contributed by atoms with Gasteiger partial charge in [0.15, 0.2) is 0 Å². The van der Waals surface area contributed by atoms with Gasteiger partial charge >= 0.3 is 0 Å². The van der Waals surface area contributed by atoms with Crippen molar-refractivity contribution in [2.24, 2.45) is 0 Å². The molecule has 1 unspecified atom stereocenters. The van der Waals surface area contributed by atoms with Crippen molar-refractivity contribution in [1.29, 1.82) is 0 Å². The number of hydrogen-bond donors (Lipinski definition) is 1. The summed E-state index contributed by atoms with van der Waals surface area (Å²) in [7, 11) is 0. The average Bonchev–Trinajstić information content (AvgIpc) is 2.58. The van der Waals surface area contributed by atoms with Crippen molar-refractivity contribution in [3.05, 3.63) is 70.2 Å². The molecule has 1 fully saturated rings. The van der Waals surface area contributed by atoms with E-state index in [9.17, 15) is 13.6 Å². The third-order valence-electron chi connectivity index (χ3n) is 4.22. The minimum atomic E-state index is -0.701. The number of carbonyl (C=O) groups excluding carboxylic acids is 1. The fourth-order valence-corrected chi connectivity index (χ4v) is 3.24. The number of rotatable bonds is 3. The fraction of sp³-hybridized carbons (Fsp3) is 0.278. The number of benzene rings is 2. The van der Waals surface area contributed by atoms with Crippen LogP contribution < -0.4 is 5.32 Å². The van der Waals surface area contributed by atoms with E-state index in [2.05, 4.69) is 5.32 Å². The van der Waals surface area contributed by atoms with Crippen LogP contribution in [0, 0.1) is 11.6 Å². The van der Waals surface area contributed by atoms with Crippen LogP contribution in [0.5, 0.6) is 0 Å². The van der Waals surface area contributed by atoms with Crippen molar-refractivity contribution >= 4 is 17.5 Å². The van der Waals surface area contributed by atoms with Crippen LogP contribution in [-0.4, -0.2) is 30.4 Å². The smallest absolute Gasteiger partial charge is 0.227 e. The van der Waals surface area contributed by atoms with Crippen molar-refractivity contribution in [1.82, 2.24) is 10.2 Å². The van der Waals surface area contributed by atoms with Gasteiger partial charge in [-0.25, -0.2) is 8.78 Å². The number of piperazine rings is 1. The van der Waals surface area contributed by atoms with Gasteiger partial charge in [0.25, 0.3) is 0 Å². The van der Waals surface area contributed by atoms with Crippen molar-refractivity contribution in [2.45, 2.75) is 12.5 Å². The molecule has 1 N–H and O–H groups in total. The van der Waals surface area contributed by atoms with Crippen molar-refractivity contribution < 1.29 is 13.6 Å². The molecule has 3 rings (SSSR count). The maximum Gasteiger partial charge on any atom is 0.227 e. The van der Waals surface area contributed by atoms with Crippen LogP contribution >= 0.6 is 11.6 Å². The molecule has 3 nitrogen and oxygen atoms in total. The predicted octanol–water partition coefficient (Wildman–Crippen LogP) is 3.33. The lowest BCUT2D eigenvalue weighted by atomic mass is 10.0. The second-order valence-corrected chi connectivity index (χ2v) is 6.11. The van der Waals surface area contributed by atoms with Crippen LogP contribution in [0.1, 0.15) is 17.2 Å². The molecule has 126 valence electrons. The molecule has 1 saturated heterocycles. The van der Waals surface area contributed by atoms with E-state index >= 15 is 0 Å². The Morgan fingerprint density at radius 1 is 1.17 bits per heavy atom. The van der Waals surface area contributed by atoms with E-state index in [1.165, 1.54) is 6.07 Å². The Balaban J connectivity index is 1.85. The van der Waals surface area contributed by atoms with E-state index in [0.717, 1.165) is 17.7 Å². The molecule has 24 heavy (non-hydrogen) atoms. The molecule has 0 aromatic heterocycles. The third kappa shape index (κ3) is 3.42. The Morgan fingerprint density at radius 2 is 1.88 bits per heavy atom. The Morgan fingerprint density at radius 3 is 2.58 bits per heavy atom. The van der Waals surface area contributed by atoms with Gasteiger partial charge in [0.2, 0.25) is 5.91 Å². The second kappa shape index (κ2) is 7.28. The number of amides is 1. The average molecular weight is 351 g/mol. The Bertz CT molecular complexity index is 733. The van der Waals surface area contributed by atoms with E-state index in [4.69, 9.17) is 11.6 Å². The second-order valence-electron chi connectivity index (χ2n) is 5.71. The molecule has 0 spiro atoms. The number of carbonyl (C=O) groups is 1. The highest BCUT2D eigenvalue weighted by Gasteiger charge is 2.30. The highest BCUT2D eigenvalue weighted by molar-refractivity contribution is 6.31. The van der Waals surface area contributed by atoms with Crippen LogP contribution in [0.3, 0.4) is 0 Å². The molecule has 0 aliphatic carbocycles. The van der Waals surface area contributed by atoms with Crippen molar-refractivity contribution in [3.63, 3.8) is 0 Å². The summed E-state index contributed by atoms with van der Waals surface area (Å²) in [6.07, 6.45) is -0.306. The van der Waals surface area contributed by atoms with Gasteiger partial charge in [-0.05, 0) is 23.8 Å². The number of nitrogens with zero attached hydrogens (tertiary/aromatic N) is 1. The minimum absolute atomic E-state index is 0.195. The first-order valence-corrected chi connectivity index (χ1v) is 8.13. The Hall–Kier alpha value is -1.98. The first-order chi connectivity index (χ1) is 11.6. The molecular weight excluding hydrogens is 334 g/mol. The van der Waals surface area contributed by atoms with Gasteiger partial charge in [-0.1, -0.05) is 35.9 Å². The summed E-state index contributed by atoms with van der Waals surface area (Å²) < 4.78 is 27.6. The summed E-state index contributed by atoms with van der Waals surface area (Å²) in [4.78, 5) is 14.3. The standard InChI is InChI=1S/C18H17ClF2N2O/c19-14-5-2-1-4-12(14)17-11-22-8-9-23(17)18(24)10-13-15(20)6-3-7-16(13)21/h1-7,17,22H,8-11H2. The topological polar surface area (TPSA) is 32.3 Å². The largest absolute Gasteiger partial charge is 0.333 e. The molecule has 0 bridgehead atoms. The normalized spacial score (nSPS) is 17.8. The molecule has 2 aromatic rings. The Kier molecular flexibility index (Phi) is 5.11. The zero-order valence-corrected chi connectivity index (χ0v) is 13.7. The number of halogens is 3. The van der Waals surface area contributed by atoms with Gasteiger partial charge in [0, 0.05) is 30.2 Å². The highest BCUT2D eigenvalue weighted by Crippen LogP contribution is 2.29. The SMILES string of the molecule is O=C(Cc1c(F)cccc1F)N1CCNCC1c1ccccc1Cl. The summed E-state index contributed by atoms with van der Waals surface area (Å²) in [6.45, 7) is 1.65. The van der Waals surface area contributed by atoms with Gasteiger partial charge in [0.05, 0.1) is 12.5 Å². The van der Waals surface area contributed by atoms with Gasteiger partial charge in [-0.3, -0.25) is 4.79 Å². The molecule has 0 radical (unpaired) electrons. The van der Waals surface area contributed by atoms with E-state index in [0.29, 0.717) is 24.7 Å². The lowest BCUT2D eigenvalue weighted by Gasteiger charge is -2.37. The lowest BCUT2D eigenvalue weighted by Crippen LogP contribution is -2.49. The van der Waals surface area contributed by atoms with E-state index in [1.807, 2.05) is 18.2 Å². The van der Waals surface area contributed by atoms with E-state index < -0.39 is 11.6 Å². The van der Waals surface area contributed by atoms with Gasteiger partial charge < -0.3 is 10.2 Å². The van der Waals surface area contributed by atoms with Gasteiger partial charge in [-0.15, -0.1) is 0 Å². The van der Waals surface area contributed by atoms with Crippen LogP contribution in [0.25, 0.3) is 0 Å². The van der Waals surface area contributed by atoms with Crippen LogP contribution in [0.15, 0.2) is 42.5 Å². The van der Waals surface area contributed by atoms with Crippen molar-refractivity contribution in [2.75, 3.05) is 19.6 Å². The first kappa shape index (κ1) is 16.9. The fourth-order valence-electron chi connectivity index (χ4n) is 2.98. The minimum Gasteiger partial charge on any atom is -0.333 e.